The van der Waals surface area contributed by atoms with E-state index in [1.165, 1.54) is 4.88 Å². The maximum absolute atomic E-state index is 9.52. The molecular formula is C11H19NOS. The third-order valence-electron chi connectivity index (χ3n) is 2.16. The fourth-order valence-electron chi connectivity index (χ4n) is 1.23. The van der Waals surface area contributed by atoms with Crippen molar-refractivity contribution in [2.75, 3.05) is 6.54 Å². The van der Waals surface area contributed by atoms with Crippen LogP contribution in [0.4, 0.5) is 0 Å². The van der Waals surface area contributed by atoms with Crippen molar-refractivity contribution >= 4 is 11.3 Å². The van der Waals surface area contributed by atoms with Crippen LogP contribution >= 0.6 is 11.3 Å². The molecule has 0 amide bonds. The highest BCUT2D eigenvalue weighted by molar-refractivity contribution is 7.10. The smallest absolute Gasteiger partial charge is 0.0603 e. The Bertz CT molecular complexity index is 251. The molecule has 1 aromatic rings. The van der Waals surface area contributed by atoms with Gasteiger partial charge in [-0.2, -0.15) is 0 Å². The molecule has 0 aromatic carbocycles. The highest BCUT2D eigenvalue weighted by Crippen LogP contribution is 2.18. The van der Waals surface area contributed by atoms with Crippen molar-refractivity contribution in [1.82, 2.24) is 5.32 Å². The van der Waals surface area contributed by atoms with Crippen molar-refractivity contribution in [3.8, 4) is 0 Å². The number of thiophene rings is 1. The average molecular weight is 213 g/mol. The van der Waals surface area contributed by atoms with E-state index in [1.807, 2.05) is 13.8 Å². The summed E-state index contributed by atoms with van der Waals surface area (Å²) < 4.78 is 0. The van der Waals surface area contributed by atoms with Gasteiger partial charge in [-0.15, -0.1) is 11.3 Å². The topological polar surface area (TPSA) is 32.3 Å². The summed E-state index contributed by atoms with van der Waals surface area (Å²) in [6.45, 7) is 6.67. The van der Waals surface area contributed by atoms with E-state index in [9.17, 15) is 5.11 Å². The lowest BCUT2D eigenvalue weighted by molar-refractivity contribution is 0.0705. The van der Waals surface area contributed by atoms with Crippen molar-refractivity contribution in [2.24, 2.45) is 0 Å². The standard InChI is InChI=1S/C11H19NOS/c1-9(10-5-4-8-14-10)12-7-6-11(2,3)13/h4-5,8-9,12-13H,6-7H2,1-3H3. The second-order valence-electron chi connectivity index (χ2n) is 4.25. The first kappa shape index (κ1) is 11.7. The normalized spacial score (nSPS) is 14.3. The Morgan fingerprint density at radius 3 is 2.79 bits per heavy atom. The minimum atomic E-state index is -0.567. The van der Waals surface area contributed by atoms with Crippen LogP contribution in [0.1, 0.15) is 38.1 Å². The van der Waals surface area contributed by atoms with Crippen LogP contribution in [0.15, 0.2) is 17.5 Å². The van der Waals surface area contributed by atoms with Crippen molar-refractivity contribution < 1.29 is 5.11 Å². The molecule has 2 N–H and O–H groups in total. The lowest BCUT2D eigenvalue weighted by atomic mass is 10.1. The van der Waals surface area contributed by atoms with Crippen molar-refractivity contribution in [3.63, 3.8) is 0 Å². The molecule has 1 atom stereocenters. The zero-order valence-corrected chi connectivity index (χ0v) is 9.90. The Kier molecular flexibility index (Phi) is 4.11. The molecule has 0 radical (unpaired) electrons. The molecule has 0 saturated heterocycles. The maximum Gasteiger partial charge on any atom is 0.0603 e. The van der Waals surface area contributed by atoms with Crippen LogP contribution in [-0.4, -0.2) is 17.3 Å². The minimum Gasteiger partial charge on any atom is -0.390 e. The predicted octanol–water partition coefficient (Wildman–Crippen LogP) is 2.56. The molecule has 0 saturated carbocycles. The Balaban J connectivity index is 2.26. The number of hydrogen-bond acceptors (Lipinski definition) is 3. The van der Waals surface area contributed by atoms with Gasteiger partial charge in [0.05, 0.1) is 5.60 Å². The van der Waals surface area contributed by atoms with Gasteiger partial charge in [0.2, 0.25) is 0 Å². The van der Waals surface area contributed by atoms with Crippen LogP contribution in [0, 0.1) is 0 Å². The van der Waals surface area contributed by atoms with E-state index in [2.05, 4.69) is 29.8 Å². The van der Waals surface area contributed by atoms with Crippen LogP contribution in [-0.2, 0) is 0 Å². The van der Waals surface area contributed by atoms with Gasteiger partial charge in [0.25, 0.3) is 0 Å². The molecule has 1 aromatic heterocycles. The van der Waals surface area contributed by atoms with Gasteiger partial charge in [-0.05, 0) is 45.2 Å². The van der Waals surface area contributed by atoms with E-state index in [4.69, 9.17) is 0 Å². The van der Waals surface area contributed by atoms with Gasteiger partial charge in [-0.1, -0.05) is 6.07 Å². The predicted molar refractivity (Wildman–Crippen MR) is 61.7 cm³/mol. The van der Waals surface area contributed by atoms with Gasteiger partial charge in [-0.25, -0.2) is 0 Å². The second-order valence-corrected chi connectivity index (χ2v) is 5.23. The zero-order chi connectivity index (χ0) is 10.6. The number of aliphatic hydroxyl groups is 1. The first-order valence-electron chi connectivity index (χ1n) is 4.98. The van der Waals surface area contributed by atoms with Gasteiger partial charge < -0.3 is 10.4 Å². The van der Waals surface area contributed by atoms with Crippen LogP contribution in [0.2, 0.25) is 0 Å². The summed E-state index contributed by atoms with van der Waals surface area (Å²) in [5, 5.41) is 15.0. The molecule has 3 heteroatoms. The largest absolute Gasteiger partial charge is 0.390 e. The summed E-state index contributed by atoms with van der Waals surface area (Å²) in [5.74, 6) is 0. The molecule has 14 heavy (non-hydrogen) atoms. The zero-order valence-electron chi connectivity index (χ0n) is 9.08. The quantitative estimate of drug-likeness (QED) is 0.788. The van der Waals surface area contributed by atoms with Crippen molar-refractivity contribution in [3.05, 3.63) is 22.4 Å². The van der Waals surface area contributed by atoms with Crippen molar-refractivity contribution in [1.29, 1.82) is 0 Å². The lowest BCUT2D eigenvalue weighted by Crippen LogP contribution is -2.28. The second kappa shape index (κ2) is 4.91. The molecule has 2 nitrogen and oxygen atoms in total. The van der Waals surface area contributed by atoms with Crippen LogP contribution < -0.4 is 5.32 Å². The monoisotopic (exact) mass is 213 g/mol. The van der Waals surface area contributed by atoms with Gasteiger partial charge in [0, 0.05) is 10.9 Å². The van der Waals surface area contributed by atoms with Crippen LogP contribution in [0.5, 0.6) is 0 Å². The molecule has 80 valence electrons. The molecule has 0 aliphatic heterocycles. The third kappa shape index (κ3) is 4.22. The van der Waals surface area contributed by atoms with E-state index >= 15 is 0 Å². The van der Waals surface area contributed by atoms with Gasteiger partial charge in [0.1, 0.15) is 0 Å². The Morgan fingerprint density at radius 1 is 1.57 bits per heavy atom. The number of hydrogen-bond donors (Lipinski definition) is 2. The molecular weight excluding hydrogens is 194 g/mol. The van der Waals surface area contributed by atoms with Crippen molar-refractivity contribution in [2.45, 2.75) is 38.8 Å². The van der Waals surface area contributed by atoms with E-state index in [0.717, 1.165) is 13.0 Å². The SMILES string of the molecule is CC(NCCC(C)(C)O)c1cccs1. The van der Waals surface area contributed by atoms with Gasteiger partial charge >= 0.3 is 0 Å². The third-order valence-corrected chi connectivity index (χ3v) is 3.21. The molecule has 0 fully saturated rings. The molecule has 0 aliphatic rings. The fourth-order valence-corrected chi connectivity index (χ4v) is 1.99. The Morgan fingerprint density at radius 2 is 2.29 bits per heavy atom. The number of rotatable bonds is 5. The summed E-state index contributed by atoms with van der Waals surface area (Å²) in [5.41, 5.74) is -0.567. The maximum atomic E-state index is 9.52. The first-order valence-corrected chi connectivity index (χ1v) is 5.86. The van der Waals surface area contributed by atoms with Gasteiger partial charge in [-0.3, -0.25) is 0 Å². The van der Waals surface area contributed by atoms with Crippen LogP contribution in [0.3, 0.4) is 0 Å². The minimum absolute atomic E-state index is 0.386. The molecule has 0 aliphatic carbocycles. The van der Waals surface area contributed by atoms with Crippen LogP contribution in [0.25, 0.3) is 0 Å². The summed E-state index contributed by atoms with van der Waals surface area (Å²) in [6, 6.07) is 4.58. The summed E-state index contributed by atoms with van der Waals surface area (Å²) >= 11 is 1.76. The summed E-state index contributed by atoms with van der Waals surface area (Å²) in [7, 11) is 0. The Labute approximate surface area is 90.0 Å². The van der Waals surface area contributed by atoms with E-state index in [1.54, 1.807) is 11.3 Å². The highest BCUT2D eigenvalue weighted by Gasteiger charge is 2.12. The first-order chi connectivity index (χ1) is 6.49. The van der Waals surface area contributed by atoms with Gasteiger partial charge in [0.15, 0.2) is 0 Å². The van der Waals surface area contributed by atoms with E-state index in [-0.39, 0.29) is 0 Å². The Hall–Kier alpha value is -0.380. The fraction of sp³-hybridized carbons (Fsp3) is 0.636. The molecule has 0 bridgehead atoms. The summed E-state index contributed by atoms with van der Waals surface area (Å²) in [4.78, 5) is 1.35. The summed E-state index contributed by atoms with van der Waals surface area (Å²) in [6.07, 6.45) is 0.780. The van der Waals surface area contributed by atoms with E-state index in [0.29, 0.717) is 6.04 Å². The highest BCUT2D eigenvalue weighted by atomic mass is 32.1. The lowest BCUT2D eigenvalue weighted by Gasteiger charge is -2.19. The number of nitrogens with one attached hydrogen (secondary N) is 1. The van der Waals surface area contributed by atoms with E-state index < -0.39 is 5.60 Å². The molecule has 1 heterocycles. The molecule has 0 spiro atoms. The molecule has 1 rings (SSSR count). The average Bonchev–Trinajstić information content (AvgIpc) is 2.53. The molecule has 1 unspecified atom stereocenters.